The smallest absolute Gasteiger partial charge is 0.150 e. The quantitative estimate of drug-likeness (QED) is 0.802. The number of rotatable bonds is 5. The molecule has 2 atom stereocenters. The normalized spacial score (nSPS) is 31.6. The van der Waals surface area contributed by atoms with E-state index in [0.29, 0.717) is 6.04 Å². The standard InChI is InChI=1S/C12H23NO2S/c1-16(14,15)12-4-2-3-11(9-12)13-8-7-10-5-6-10/h10-13H,2-9H2,1H3. The van der Waals surface area contributed by atoms with Crippen molar-refractivity contribution in [2.75, 3.05) is 12.8 Å². The molecule has 1 N–H and O–H groups in total. The first-order valence-corrected chi connectivity index (χ1v) is 8.43. The van der Waals surface area contributed by atoms with E-state index in [4.69, 9.17) is 0 Å². The average molecular weight is 245 g/mol. The Morgan fingerprint density at radius 3 is 2.56 bits per heavy atom. The molecule has 4 heteroatoms. The second kappa shape index (κ2) is 5.05. The lowest BCUT2D eigenvalue weighted by Gasteiger charge is -2.28. The van der Waals surface area contributed by atoms with E-state index in [0.717, 1.165) is 38.1 Å². The Hall–Kier alpha value is -0.0900. The van der Waals surface area contributed by atoms with Gasteiger partial charge >= 0.3 is 0 Å². The number of hydrogen-bond donors (Lipinski definition) is 1. The van der Waals surface area contributed by atoms with Crippen molar-refractivity contribution >= 4 is 9.84 Å². The zero-order valence-electron chi connectivity index (χ0n) is 10.1. The van der Waals surface area contributed by atoms with Crippen LogP contribution in [0.15, 0.2) is 0 Å². The van der Waals surface area contributed by atoms with Gasteiger partial charge in [0.05, 0.1) is 5.25 Å². The van der Waals surface area contributed by atoms with Crippen LogP contribution in [0.25, 0.3) is 0 Å². The number of sulfone groups is 1. The van der Waals surface area contributed by atoms with Gasteiger partial charge in [0.2, 0.25) is 0 Å². The predicted molar refractivity (Wildman–Crippen MR) is 66.2 cm³/mol. The summed E-state index contributed by atoms with van der Waals surface area (Å²) < 4.78 is 23.0. The van der Waals surface area contributed by atoms with Gasteiger partial charge in [0.15, 0.2) is 0 Å². The lowest BCUT2D eigenvalue weighted by atomic mass is 9.95. The fourth-order valence-electron chi connectivity index (χ4n) is 2.62. The Bertz CT molecular complexity index is 322. The first-order chi connectivity index (χ1) is 7.55. The minimum Gasteiger partial charge on any atom is -0.314 e. The first-order valence-electron chi connectivity index (χ1n) is 6.48. The molecule has 0 heterocycles. The zero-order chi connectivity index (χ0) is 11.6. The minimum absolute atomic E-state index is 0.0975. The van der Waals surface area contributed by atoms with E-state index in [1.165, 1.54) is 25.5 Å². The highest BCUT2D eigenvalue weighted by Crippen LogP contribution is 2.32. The van der Waals surface area contributed by atoms with Gasteiger partial charge in [-0.25, -0.2) is 8.42 Å². The Morgan fingerprint density at radius 2 is 1.94 bits per heavy atom. The van der Waals surface area contributed by atoms with Crippen molar-refractivity contribution in [2.24, 2.45) is 5.92 Å². The van der Waals surface area contributed by atoms with Gasteiger partial charge in [-0.3, -0.25) is 0 Å². The van der Waals surface area contributed by atoms with Crippen LogP contribution in [0.1, 0.15) is 44.9 Å². The molecule has 0 radical (unpaired) electrons. The van der Waals surface area contributed by atoms with Crippen LogP contribution >= 0.6 is 0 Å². The van der Waals surface area contributed by atoms with Crippen molar-refractivity contribution in [3.8, 4) is 0 Å². The van der Waals surface area contributed by atoms with Crippen molar-refractivity contribution in [2.45, 2.75) is 56.2 Å². The van der Waals surface area contributed by atoms with Crippen LogP contribution in [-0.2, 0) is 9.84 Å². The third-order valence-electron chi connectivity index (χ3n) is 3.91. The molecular weight excluding hydrogens is 222 g/mol. The SMILES string of the molecule is CS(=O)(=O)C1CCCC(NCCC2CC2)C1. The molecule has 0 bridgehead atoms. The van der Waals surface area contributed by atoms with Gasteiger partial charge in [-0.15, -0.1) is 0 Å². The van der Waals surface area contributed by atoms with E-state index >= 15 is 0 Å². The molecule has 2 fully saturated rings. The maximum Gasteiger partial charge on any atom is 0.150 e. The van der Waals surface area contributed by atoms with Crippen LogP contribution in [0.4, 0.5) is 0 Å². The molecule has 0 amide bonds. The summed E-state index contributed by atoms with van der Waals surface area (Å²) in [6.45, 7) is 1.08. The molecule has 0 saturated heterocycles. The minimum atomic E-state index is -2.83. The first kappa shape index (κ1) is 12.4. The molecular formula is C12H23NO2S. The fourth-order valence-corrected chi connectivity index (χ4v) is 3.79. The largest absolute Gasteiger partial charge is 0.314 e. The summed E-state index contributed by atoms with van der Waals surface area (Å²) in [5.41, 5.74) is 0. The maximum atomic E-state index is 11.5. The summed E-state index contributed by atoms with van der Waals surface area (Å²) in [7, 11) is -2.83. The van der Waals surface area contributed by atoms with Crippen molar-refractivity contribution < 1.29 is 8.42 Å². The lowest BCUT2D eigenvalue weighted by molar-refractivity contribution is 0.368. The lowest BCUT2D eigenvalue weighted by Crippen LogP contribution is -2.39. The summed E-state index contributed by atoms with van der Waals surface area (Å²) in [6.07, 6.45) is 9.35. The van der Waals surface area contributed by atoms with Crippen molar-refractivity contribution in [3.05, 3.63) is 0 Å². The Kier molecular flexibility index (Phi) is 3.90. The number of nitrogens with one attached hydrogen (secondary N) is 1. The predicted octanol–water partition coefficient (Wildman–Crippen LogP) is 1.73. The molecule has 0 aromatic heterocycles. The number of hydrogen-bond acceptors (Lipinski definition) is 3. The van der Waals surface area contributed by atoms with E-state index in [1.54, 1.807) is 0 Å². The van der Waals surface area contributed by atoms with E-state index in [1.807, 2.05) is 0 Å². The molecule has 0 aromatic carbocycles. The van der Waals surface area contributed by atoms with Crippen molar-refractivity contribution in [1.82, 2.24) is 5.32 Å². The van der Waals surface area contributed by atoms with Crippen LogP contribution in [0.3, 0.4) is 0 Å². The summed E-state index contributed by atoms with van der Waals surface area (Å²) in [4.78, 5) is 0. The Morgan fingerprint density at radius 1 is 1.19 bits per heavy atom. The van der Waals surface area contributed by atoms with Crippen LogP contribution in [0, 0.1) is 5.92 Å². The maximum absolute atomic E-state index is 11.5. The van der Waals surface area contributed by atoms with Gasteiger partial charge in [-0.1, -0.05) is 19.3 Å². The molecule has 0 aromatic rings. The highest BCUT2D eigenvalue weighted by atomic mass is 32.2. The molecule has 2 unspecified atom stereocenters. The molecule has 3 nitrogen and oxygen atoms in total. The van der Waals surface area contributed by atoms with Crippen LogP contribution < -0.4 is 5.32 Å². The second-order valence-corrected chi connectivity index (χ2v) is 7.83. The molecule has 16 heavy (non-hydrogen) atoms. The molecule has 0 aliphatic heterocycles. The van der Waals surface area contributed by atoms with E-state index in [9.17, 15) is 8.42 Å². The van der Waals surface area contributed by atoms with Crippen LogP contribution in [0.5, 0.6) is 0 Å². The van der Waals surface area contributed by atoms with E-state index in [-0.39, 0.29) is 5.25 Å². The molecule has 2 rings (SSSR count). The van der Waals surface area contributed by atoms with Crippen molar-refractivity contribution in [1.29, 1.82) is 0 Å². The van der Waals surface area contributed by atoms with Gasteiger partial charge in [-0.2, -0.15) is 0 Å². The highest BCUT2D eigenvalue weighted by molar-refractivity contribution is 7.91. The second-order valence-electron chi connectivity index (χ2n) is 5.50. The van der Waals surface area contributed by atoms with Gasteiger partial charge in [0.25, 0.3) is 0 Å². The Balaban J connectivity index is 1.72. The summed E-state index contributed by atoms with van der Waals surface area (Å²) in [5, 5.41) is 3.43. The van der Waals surface area contributed by atoms with Gasteiger partial charge in [0, 0.05) is 12.3 Å². The Labute approximate surface area is 98.9 Å². The van der Waals surface area contributed by atoms with E-state index in [2.05, 4.69) is 5.32 Å². The summed E-state index contributed by atoms with van der Waals surface area (Å²) in [6, 6.07) is 0.437. The van der Waals surface area contributed by atoms with Crippen molar-refractivity contribution in [3.63, 3.8) is 0 Å². The van der Waals surface area contributed by atoms with Crippen LogP contribution in [-0.4, -0.2) is 32.5 Å². The monoisotopic (exact) mass is 245 g/mol. The summed E-state index contributed by atoms with van der Waals surface area (Å²) in [5.74, 6) is 0.960. The molecule has 2 aliphatic rings. The third-order valence-corrected chi connectivity index (χ3v) is 5.55. The highest BCUT2D eigenvalue weighted by Gasteiger charge is 2.29. The van der Waals surface area contributed by atoms with Gasteiger partial charge < -0.3 is 5.32 Å². The molecule has 2 saturated carbocycles. The van der Waals surface area contributed by atoms with Gasteiger partial charge in [0.1, 0.15) is 9.84 Å². The molecule has 94 valence electrons. The molecule has 2 aliphatic carbocycles. The fraction of sp³-hybridized carbons (Fsp3) is 1.00. The van der Waals surface area contributed by atoms with Crippen LogP contribution in [0.2, 0.25) is 0 Å². The molecule has 0 spiro atoms. The average Bonchev–Trinajstić information content (AvgIpc) is 3.01. The summed E-state index contributed by atoms with van der Waals surface area (Å²) >= 11 is 0. The zero-order valence-corrected chi connectivity index (χ0v) is 10.9. The van der Waals surface area contributed by atoms with Gasteiger partial charge in [-0.05, 0) is 38.1 Å². The third kappa shape index (κ3) is 3.74. The topological polar surface area (TPSA) is 46.2 Å². The van der Waals surface area contributed by atoms with E-state index < -0.39 is 9.84 Å².